The predicted molar refractivity (Wildman–Crippen MR) is 112 cm³/mol. The molecule has 2 amide bonds. The van der Waals surface area contributed by atoms with Crippen LogP contribution in [0.5, 0.6) is 0 Å². The summed E-state index contributed by atoms with van der Waals surface area (Å²) in [5.74, 6) is -0.602. The maximum atomic E-state index is 13.3. The molecule has 8 nitrogen and oxygen atoms in total. The Morgan fingerprint density at radius 1 is 1.20 bits per heavy atom. The summed E-state index contributed by atoms with van der Waals surface area (Å²) < 4.78 is 7.11. The van der Waals surface area contributed by atoms with Gasteiger partial charge in [0.2, 0.25) is 5.91 Å². The van der Waals surface area contributed by atoms with E-state index in [9.17, 15) is 9.59 Å². The van der Waals surface area contributed by atoms with Crippen molar-refractivity contribution in [2.75, 3.05) is 20.2 Å². The quantitative estimate of drug-likeness (QED) is 0.698. The first-order valence-corrected chi connectivity index (χ1v) is 10.0. The number of nitrogens with two attached hydrogens (primary N) is 1. The number of hydrogen-bond donors (Lipinski definition) is 1. The summed E-state index contributed by atoms with van der Waals surface area (Å²) in [6, 6.07) is 9.95. The van der Waals surface area contributed by atoms with E-state index >= 15 is 0 Å². The predicted octanol–water partition coefficient (Wildman–Crippen LogP) is 2.19. The fourth-order valence-electron chi connectivity index (χ4n) is 4.07. The van der Waals surface area contributed by atoms with Crippen LogP contribution in [0.3, 0.4) is 0 Å². The smallest absolute Gasteiger partial charge is 0.257 e. The van der Waals surface area contributed by atoms with Gasteiger partial charge >= 0.3 is 0 Å². The van der Waals surface area contributed by atoms with Crippen molar-refractivity contribution in [2.45, 2.75) is 26.4 Å². The Bertz CT molecular complexity index is 1090. The monoisotopic (exact) mass is 407 g/mol. The normalized spacial score (nSPS) is 14.9. The van der Waals surface area contributed by atoms with Gasteiger partial charge in [-0.2, -0.15) is 5.10 Å². The molecule has 3 aromatic rings. The molecule has 0 radical (unpaired) electrons. The molecule has 1 aromatic carbocycles. The minimum Gasteiger partial charge on any atom is -0.378 e. The van der Waals surface area contributed by atoms with E-state index in [0.717, 1.165) is 16.8 Å². The van der Waals surface area contributed by atoms with Gasteiger partial charge in [-0.25, -0.2) is 9.50 Å². The van der Waals surface area contributed by atoms with Crippen LogP contribution in [-0.2, 0) is 16.1 Å². The Morgan fingerprint density at radius 2 is 1.90 bits per heavy atom. The van der Waals surface area contributed by atoms with Gasteiger partial charge in [-0.15, -0.1) is 0 Å². The Balaban J connectivity index is 1.73. The van der Waals surface area contributed by atoms with Crippen LogP contribution in [0.15, 0.2) is 36.5 Å². The first-order valence-electron chi connectivity index (χ1n) is 10.0. The number of fused-ring (bicyclic) bond motifs is 1. The molecule has 0 atom stereocenters. The number of methoxy groups -OCH3 is 1. The van der Waals surface area contributed by atoms with Gasteiger partial charge < -0.3 is 15.4 Å². The van der Waals surface area contributed by atoms with Gasteiger partial charge in [0.15, 0.2) is 5.65 Å². The molecule has 4 rings (SSSR count). The SMILES string of the molecule is COCc1c(C(=O)N2CCC(C(N)=O)CC2)cnc2c(-c3ccccc3)c(C)nn12. The summed E-state index contributed by atoms with van der Waals surface area (Å²) in [5.41, 5.74) is 10.0. The molecule has 1 fully saturated rings. The molecule has 2 aromatic heterocycles. The zero-order valence-electron chi connectivity index (χ0n) is 17.2. The van der Waals surface area contributed by atoms with E-state index in [1.54, 1.807) is 22.7 Å². The molecule has 8 heteroatoms. The van der Waals surface area contributed by atoms with Crippen molar-refractivity contribution in [3.63, 3.8) is 0 Å². The highest BCUT2D eigenvalue weighted by molar-refractivity contribution is 5.96. The zero-order chi connectivity index (χ0) is 21.3. The van der Waals surface area contributed by atoms with Crippen LogP contribution < -0.4 is 5.73 Å². The van der Waals surface area contributed by atoms with Gasteiger partial charge in [-0.05, 0) is 25.3 Å². The lowest BCUT2D eigenvalue weighted by Gasteiger charge is -2.31. The molecule has 0 unspecified atom stereocenters. The lowest BCUT2D eigenvalue weighted by atomic mass is 9.96. The number of aryl methyl sites for hydroxylation is 1. The van der Waals surface area contributed by atoms with Gasteiger partial charge in [0.25, 0.3) is 5.91 Å². The molecule has 1 aliphatic heterocycles. The Hall–Kier alpha value is -3.26. The molecule has 30 heavy (non-hydrogen) atoms. The highest BCUT2D eigenvalue weighted by Crippen LogP contribution is 2.29. The summed E-state index contributed by atoms with van der Waals surface area (Å²) >= 11 is 0. The number of primary amides is 1. The number of amides is 2. The van der Waals surface area contributed by atoms with E-state index < -0.39 is 0 Å². The van der Waals surface area contributed by atoms with Crippen molar-refractivity contribution in [2.24, 2.45) is 11.7 Å². The van der Waals surface area contributed by atoms with Crippen molar-refractivity contribution in [1.29, 1.82) is 0 Å². The fourth-order valence-corrected chi connectivity index (χ4v) is 4.07. The van der Waals surface area contributed by atoms with Crippen molar-refractivity contribution < 1.29 is 14.3 Å². The second-order valence-electron chi connectivity index (χ2n) is 7.58. The van der Waals surface area contributed by atoms with Crippen LogP contribution >= 0.6 is 0 Å². The Labute approximate surface area is 174 Å². The average Bonchev–Trinajstić information content (AvgIpc) is 3.10. The fraction of sp³-hybridized carbons (Fsp3) is 0.364. The number of carbonyl (C=O) groups is 2. The summed E-state index contributed by atoms with van der Waals surface area (Å²) in [5, 5.41) is 4.67. The molecule has 0 spiro atoms. The number of benzene rings is 1. The van der Waals surface area contributed by atoms with E-state index in [4.69, 9.17) is 10.5 Å². The average molecular weight is 407 g/mol. The minimum atomic E-state index is -0.300. The molecule has 0 aliphatic carbocycles. The molecule has 0 saturated carbocycles. The van der Waals surface area contributed by atoms with E-state index in [0.29, 0.717) is 42.8 Å². The van der Waals surface area contributed by atoms with Crippen LogP contribution in [0.25, 0.3) is 16.8 Å². The molecule has 3 heterocycles. The number of ether oxygens (including phenoxy) is 1. The standard InChI is InChI=1S/C22H25N5O3/c1-14-19(15-6-4-3-5-7-15)21-24-12-17(18(13-30-2)27(21)25-14)22(29)26-10-8-16(9-11-26)20(23)28/h3-7,12,16H,8-11,13H2,1-2H3,(H2,23,28). The van der Waals surface area contributed by atoms with Gasteiger partial charge in [-0.1, -0.05) is 30.3 Å². The van der Waals surface area contributed by atoms with E-state index in [1.807, 2.05) is 37.3 Å². The van der Waals surface area contributed by atoms with Crippen molar-refractivity contribution in [1.82, 2.24) is 19.5 Å². The number of piperidine rings is 1. The van der Waals surface area contributed by atoms with Gasteiger partial charge in [-0.3, -0.25) is 9.59 Å². The third-order valence-corrected chi connectivity index (χ3v) is 5.68. The third-order valence-electron chi connectivity index (χ3n) is 5.68. The van der Waals surface area contributed by atoms with Crippen LogP contribution in [-0.4, -0.2) is 51.5 Å². The molecule has 1 aliphatic rings. The van der Waals surface area contributed by atoms with Gasteiger partial charge in [0.05, 0.1) is 23.6 Å². The molecular formula is C22H25N5O3. The largest absolute Gasteiger partial charge is 0.378 e. The molecule has 1 saturated heterocycles. The number of carbonyl (C=O) groups excluding carboxylic acids is 2. The molecule has 2 N–H and O–H groups in total. The topological polar surface area (TPSA) is 103 Å². The van der Waals surface area contributed by atoms with E-state index in [1.165, 1.54) is 0 Å². The number of hydrogen-bond acceptors (Lipinski definition) is 5. The van der Waals surface area contributed by atoms with Crippen molar-refractivity contribution in [3.8, 4) is 11.1 Å². The van der Waals surface area contributed by atoms with Gasteiger partial charge in [0, 0.05) is 37.9 Å². The highest BCUT2D eigenvalue weighted by Gasteiger charge is 2.29. The highest BCUT2D eigenvalue weighted by atomic mass is 16.5. The number of rotatable bonds is 5. The summed E-state index contributed by atoms with van der Waals surface area (Å²) in [7, 11) is 1.59. The van der Waals surface area contributed by atoms with E-state index in [-0.39, 0.29) is 24.3 Å². The first-order chi connectivity index (χ1) is 14.5. The maximum absolute atomic E-state index is 13.3. The Kier molecular flexibility index (Phi) is 5.50. The lowest BCUT2D eigenvalue weighted by Crippen LogP contribution is -2.42. The Morgan fingerprint density at radius 3 is 2.53 bits per heavy atom. The molecular weight excluding hydrogens is 382 g/mol. The van der Waals surface area contributed by atoms with Crippen LogP contribution in [0.4, 0.5) is 0 Å². The molecule has 0 bridgehead atoms. The number of aromatic nitrogens is 3. The van der Waals surface area contributed by atoms with Gasteiger partial charge in [0.1, 0.15) is 0 Å². The summed E-state index contributed by atoms with van der Waals surface area (Å²) in [4.78, 5) is 31.0. The van der Waals surface area contributed by atoms with E-state index in [2.05, 4.69) is 10.1 Å². The number of nitrogens with zero attached hydrogens (tertiary/aromatic N) is 4. The van der Waals surface area contributed by atoms with Crippen LogP contribution in [0.1, 0.15) is 34.6 Å². The lowest BCUT2D eigenvalue weighted by molar-refractivity contribution is -0.123. The molecule has 156 valence electrons. The first kappa shape index (κ1) is 20.0. The summed E-state index contributed by atoms with van der Waals surface area (Å²) in [6.45, 7) is 3.14. The zero-order valence-corrected chi connectivity index (χ0v) is 17.2. The minimum absolute atomic E-state index is 0.131. The van der Waals surface area contributed by atoms with Crippen LogP contribution in [0.2, 0.25) is 0 Å². The second-order valence-corrected chi connectivity index (χ2v) is 7.58. The number of likely N-dealkylation sites (tertiary alicyclic amines) is 1. The van der Waals surface area contributed by atoms with Crippen molar-refractivity contribution in [3.05, 3.63) is 53.5 Å². The van der Waals surface area contributed by atoms with Crippen LogP contribution in [0, 0.1) is 12.8 Å². The second kappa shape index (κ2) is 8.23. The maximum Gasteiger partial charge on any atom is 0.257 e. The third kappa shape index (κ3) is 3.54. The summed E-state index contributed by atoms with van der Waals surface area (Å²) in [6.07, 6.45) is 2.77. The van der Waals surface area contributed by atoms with Crippen molar-refractivity contribution >= 4 is 17.5 Å².